The minimum atomic E-state index is -0.421. The number of carbonyl (C=O) groups is 1. The molecular formula is C16H24ClN3O. The molecule has 1 fully saturated rings. The molecule has 1 aliphatic rings. The third-order valence-electron chi connectivity index (χ3n) is 3.90. The van der Waals surface area contributed by atoms with Crippen LogP contribution in [0, 0.1) is 5.92 Å². The molecule has 1 unspecified atom stereocenters. The average molecular weight is 310 g/mol. The van der Waals surface area contributed by atoms with Crippen molar-refractivity contribution in [1.29, 1.82) is 0 Å². The molecule has 1 aromatic carbocycles. The van der Waals surface area contributed by atoms with E-state index in [2.05, 4.69) is 24.1 Å². The number of nitrogens with zero attached hydrogens (tertiary/aromatic N) is 1. The van der Waals surface area contributed by atoms with Gasteiger partial charge in [0.2, 0.25) is 0 Å². The van der Waals surface area contributed by atoms with Crippen molar-refractivity contribution in [2.24, 2.45) is 11.7 Å². The number of nitrogens with two attached hydrogens (primary N) is 1. The molecule has 0 aromatic heterocycles. The lowest BCUT2D eigenvalue weighted by Crippen LogP contribution is -2.41. The van der Waals surface area contributed by atoms with Crippen molar-refractivity contribution < 1.29 is 4.79 Å². The van der Waals surface area contributed by atoms with Gasteiger partial charge in [-0.05, 0) is 43.5 Å². The van der Waals surface area contributed by atoms with Crippen molar-refractivity contribution in [2.75, 3.05) is 24.5 Å². The van der Waals surface area contributed by atoms with E-state index in [1.807, 2.05) is 12.1 Å². The fraction of sp³-hybridized carbons (Fsp3) is 0.562. The summed E-state index contributed by atoms with van der Waals surface area (Å²) < 4.78 is 0. The molecule has 5 heteroatoms. The van der Waals surface area contributed by atoms with Crippen LogP contribution in [0.25, 0.3) is 0 Å². The zero-order chi connectivity index (χ0) is 15.4. The standard InChI is InChI=1S/C16H24ClN3O/c1-11(2)19-9-12-4-3-7-20(10-12)15-6-5-13(17)8-14(15)16(18)21/h5-6,8,11-12,19H,3-4,7,9-10H2,1-2H3,(H2,18,21). The summed E-state index contributed by atoms with van der Waals surface area (Å²) in [5.41, 5.74) is 6.90. The number of anilines is 1. The van der Waals surface area contributed by atoms with Crippen molar-refractivity contribution >= 4 is 23.2 Å². The summed E-state index contributed by atoms with van der Waals surface area (Å²) in [6, 6.07) is 5.88. The predicted octanol–water partition coefficient (Wildman–Crippen LogP) is 2.65. The van der Waals surface area contributed by atoms with Crippen LogP contribution in [-0.2, 0) is 0 Å². The number of primary amides is 1. The van der Waals surface area contributed by atoms with E-state index in [9.17, 15) is 4.79 Å². The number of hydrogen-bond acceptors (Lipinski definition) is 3. The van der Waals surface area contributed by atoms with Crippen LogP contribution in [0.5, 0.6) is 0 Å². The Morgan fingerprint density at radius 1 is 1.52 bits per heavy atom. The Hall–Kier alpha value is -1.26. The number of halogens is 1. The quantitative estimate of drug-likeness (QED) is 0.879. The van der Waals surface area contributed by atoms with Crippen molar-refractivity contribution in [1.82, 2.24) is 5.32 Å². The van der Waals surface area contributed by atoms with Crippen LogP contribution >= 0.6 is 11.6 Å². The zero-order valence-corrected chi connectivity index (χ0v) is 13.5. The highest BCUT2D eigenvalue weighted by Crippen LogP contribution is 2.28. The topological polar surface area (TPSA) is 58.4 Å². The highest BCUT2D eigenvalue weighted by molar-refractivity contribution is 6.31. The molecule has 1 amide bonds. The highest BCUT2D eigenvalue weighted by Gasteiger charge is 2.23. The van der Waals surface area contributed by atoms with E-state index in [1.165, 1.54) is 6.42 Å². The maximum atomic E-state index is 11.6. The fourth-order valence-electron chi connectivity index (χ4n) is 2.83. The summed E-state index contributed by atoms with van der Waals surface area (Å²) >= 11 is 5.98. The summed E-state index contributed by atoms with van der Waals surface area (Å²) in [4.78, 5) is 13.9. The zero-order valence-electron chi connectivity index (χ0n) is 12.7. The second-order valence-electron chi connectivity index (χ2n) is 6.04. The van der Waals surface area contributed by atoms with Crippen molar-refractivity contribution in [2.45, 2.75) is 32.7 Å². The van der Waals surface area contributed by atoms with Gasteiger partial charge in [-0.15, -0.1) is 0 Å². The van der Waals surface area contributed by atoms with Gasteiger partial charge < -0.3 is 16.0 Å². The second kappa shape index (κ2) is 7.14. The van der Waals surface area contributed by atoms with Gasteiger partial charge in [-0.1, -0.05) is 25.4 Å². The minimum Gasteiger partial charge on any atom is -0.371 e. The first-order valence-corrected chi connectivity index (χ1v) is 7.93. The van der Waals surface area contributed by atoms with Crippen molar-refractivity contribution in [3.05, 3.63) is 28.8 Å². The number of carbonyl (C=O) groups excluding carboxylic acids is 1. The highest BCUT2D eigenvalue weighted by atomic mass is 35.5. The van der Waals surface area contributed by atoms with Crippen LogP contribution in [0.4, 0.5) is 5.69 Å². The summed E-state index contributed by atoms with van der Waals surface area (Å²) in [6.07, 6.45) is 2.35. The first kappa shape index (κ1) is 16.1. The second-order valence-corrected chi connectivity index (χ2v) is 6.48. The Balaban J connectivity index is 2.12. The van der Waals surface area contributed by atoms with Gasteiger partial charge in [0.25, 0.3) is 5.91 Å². The molecule has 116 valence electrons. The molecule has 0 spiro atoms. The normalized spacial score (nSPS) is 19.0. The molecule has 1 heterocycles. The van der Waals surface area contributed by atoms with Crippen LogP contribution in [0.1, 0.15) is 37.0 Å². The average Bonchev–Trinajstić information content (AvgIpc) is 2.45. The van der Waals surface area contributed by atoms with Crippen molar-refractivity contribution in [3.8, 4) is 0 Å². The van der Waals surface area contributed by atoms with E-state index in [-0.39, 0.29) is 0 Å². The first-order valence-electron chi connectivity index (χ1n) is 7.55. The lowest BCUT2D eigenvalue weighted by atomic mass is 9.96. The van der Waals surface area contributed by atoms with Crippen molar-refractivity contribution in [3.63, 3.8) is 0 Å². The molecule has 3 N–H and O–H groups in total. The van der Waals surface area contributed by atoms with Gasteiger partial charge in [-0.25, -0.2) is 0 Å². The smallest absolute Gasteiger partial charge is 0.250 e. The van der Waals surface area contributed by atoms with E-state index < -0.39 is 5.91 Å². The molecule has 0 saturated carbocycles. The van der Waals surface area contributed by atoms with Gasteiger partial charge in [-0.3, -0.25) is 4.79 Å². The van der Waals surface area contributed by atoms with Crippen LogP contribution < -0.4 is 16.0 Å². The molecule has 1 aliphatic heterocycles. The summed E-state index contributed by atoms with van der Waals surface area (Å²) in [6.45, 7) is 7.23. The molecule has 21 heavy (non-hydrogen) atoms. The summed E-state index contributed by atoms with van der Waals surface area (Å²) in [5.74, 6) is 0.174. The molecule has 1 saturated heterocycles. The summed E-state index contributed by atoms with van der Waals surface area (Å²) in [7, 11) is 0. The van der Waals surface area contributed by atoms with Gasteiger partial charge >= 0.3 is 0 Å². The van der Waals surface area contributed by atoms with Gasteiger partial charge in [0.05, 0.1) is 5.56 Å². The van der Waals surface area contributed by atoms with Gasteiger partial charge in [0, 0.05) is 29.8 Å². The van der Waals surface area contributed by atoms with Crippen LogP contribution in [0.3, 0.4) is 0 Å². The van der Waals surface area contributed by atoms with E-state index in [0.29, 0.717) is 22.5 Å². The Morgan fingerprint density at radius 2 is 2.29 bits per heavy atom. The van der Waals surface area contributed by atoms with Crippen LogP contribution in [-0.4, -0.2) is 31.6 Å². The molecule has 1 atom stereocenters. The molecule has 0 radical (unpaired) electrons. The SMILES string of the molecule is CC(C)NCC1CCCN(c2ccc(Cl)cc2C(N)=O)C1. The third-order valence-corrected chi connectivity index (χ3v) is 4.13. The Bertz CT molecular complexity index is 504. The number of benzene rings is 1. The molecule has 0 bridgehead atoms. The van der Waals surface area contributed by atoms with Gasteiger partial charge in [-0.2, -0.15) is 0 Å². The van der Waals surface area contributed by atoms with E-state index in [4.69, 9.17) is 17.3 Å². The largest absolute Gasteiger partial charge is 0.371 e. The Labute approximate surface area is 131 Å². The minimum absolute atomic E-state index is 0.421. The maximum absolute atomic E-state index is 11.6. The maximum Gasteiger partial charge on any atom is 0.250 e. The molecular weight excluding hydrogens is 286 g/mol. The number of amides is 1. The number of nitrogens with one attached hydrogen (secondary N) is 1. The van der Waals surface area contributed by atoms with Gasteiger partial charge in [0.15, 0.2) is 0 Å². The number of rotatable bonds is 5. The predicted molar refractivity (Wildman–Crippen MR) is 88.0 cm³/mol. The van der Waals surface area contributed by atoms with E-state index in [0.717, 1.165) is 31.7 Å². The molecule has 2 rings (SSSR count). The Morgan fingerprint density at radius 3 is 2.95 bits per heavy atom. The lowest BCUT2D eigenvalue weighted by Gasteiger charge is -2.35. The van der Waals surface area contributed by atoms with Crippen LogP contribution in [0.15, 0.2) is 18.2 Å². The fourth-order valence-corrected chi connectivity index (χ4v) is 3.01. The lowest BCUT2D eigenvalue weighted by molar-refractivity contribution is 0.100. The molecule has 4 nitrogen and oxygen atoms in total. The molecule has 0 aliphatic carbocycles. The first-order chi connectivity index (χ1) is 9.97. The van der Waals surface area contributed by atoms with E-state index in [1.54, 1.807) is 6.07 Å². The summed E-state index contributed by atoms with van der Waals surface area (Å²) in [5, 5.41) is 4.04. The monoisotopic (exact) mass is 309 g/mol. The van der Waals surface area contributed by atoms with Gasteiger partial charge in [0.1, 0.15) is 0 Å². The van der Waals surface area contributed by atoms with Crippen LogP contribution in [0.2, 0.25) is 5.02 Å². The van der Waals surface area contributed by atoms with E-state index >= 15 is 0 Å². The molecule has 1 aromatic rings. The number of piperidine rings is 1. The third kappa shape index (κ3) is 4.35. The number of hydrogen-bond donors (Lipinski definition) is 2. The Kier molecular flexibility index (Phi) is 5.48.